The maximum absolute atomic E-state index is 15.4. The van der Waals surface area contributed by atoms with Gasteiger partial charge >= 0.3 is 53.7 Å². The Kier molecular flexibility index (Phi) is 20.3. The van der Waals surface area contributed by atoms with Gasteiger partial charge in [-0.1, -0.05) is 0 Å². The molecule has 26 N–H and O–H groups in total. The number of rotatable bonds is 8. The molecule has 2 fully saturated rings. The van der Waals surface area contributed by atoms with E-state index in [0.29, 0.717) is 60.7 Å². The molecule has 5 aliphatic heterocycles. The van der Waals surface area contributed by atoms with Crippen molar-refractivity contribution < 1.29 is 237 Å². The van der Waals surface area contributed by atoms with Crippen LogP contribution < -0.4 is 9.47 Å². The van der Waals surface area contributed by atoms with Crippen molar-refractivity contribution in [2.75, 3.05) is 13.2 Å². The molecule has 9 aromatic rings. The van der Waals surface area contributed by atoms with Crippen LogP contribution in [0.1, 0.15) is 93.2 Å². The highest BCUT2D eigenvalue weighted by molar-refractivity contribution is 6.10. The van der Waals surface area contributed by atoms with Crippen molar-refractivity contribution in [1.82, 2.24) is 0 Å². The Morgan fingerprint density at radius 1 is 0.317 bits per heavy atom. The molecule has 2 bridgehead atoms. The molecule has 14 rings (SSSR count). The molecule has 48 nitrogen and oxygen atoms in total. The van der Waals surface area contributed by atoms with E-state index in [-0.39, 0.29) is 12.1 Å². The zero-order valence-electron chi connectivity index (χ0n) is 60.2. The number of aromatic hydroxyl groups is 25. The van der Waals surface area contributed by atoms with Crippen LogP contribution in [0.4, 0.5) is 0 Å². The largest absolute Gasteiger partial charge is 0.504 e. The minimum atomic E-state index is -2.93. The molecule has 640 valence electrons. The lowest BCUT2D eigenvalue weighted by Crippen LogP contribution is -2.63. The molecule has 5 heterocycles. The summed E-state index contributed by atoms with van der Waals surface area (Å²) in [7, 11) is 0. The Labute approximate surface area is 675 Å². The molecule has 5 aliphatic rings. The monoisotopic (exact) mass is 1720 g/mol. The smallest absolute Gasteiger partial charge is 0.344 e. The molecule has 0 aliphatic carbocycles. The highest BCUT2D eigenvalue weighted by atomic mass is 16.8. The maximum Gasteiger partial charge on any atom is 0.344 e. The highest BCUT2D eigenvalue weighted by Gasteiger charge is 2.58. The summed E-state index contributed by atoms with van der Waals surface area (Å²) in [5, 5.41) is 285. The lowest BCUT2D eigenvalue weighted by molar-refractivity contribution is -0.284. The van der Waals surface area contributed by atoms with Gasteiger partial charge in [0.15, 0.2) is 152 Å². The van der Waals surface area contributed by atoms with Crippen molar-refractivity contribution in [3.8, 4) is 189 Å². The molecule has 0 spiro atoms. The van der Waals surface area contributed by atoms with E-state index in [2.05, 4.69) is 0 Å². The molecule has 9 aromatic carbocycles. The normalized spacial score (nSPS) is 20.4. The summed E-state index contributed by atoms with van der Waals surface area (Å²) in [6, 6.07) is 4.26. The van der Waals surface area contributed by atoms with E-state index in [1.165, 1.54) is 0 Å². The Bertz CT molecular complexity index is 6100. The second-order valence-corrected chi connectivity index (χ2v) is 26.7. The van der Waals surface area contributed by atoms with Gasteiger partial charge in [0.05, 0.1) is 38.9 Å². The predicted octanol–water partition coefficient (Wildman–Crippen LogP) is 3.15. The summed E-state index contributed by atoms with van der Waals surface area (Å²) in [6.07, 6.45) is -27.3. The van der Waals surface area contributed by atoms with Crippen molar-refractivity contribution >= 4 is 53.7 Å². The number of carbonyl (C=O) groups is 9. The van der Waals surface area contributed by atoms with Crippen molar-refractivity contribution in [3.05, 3.63) is 123 Å². The first kappa shape index (κ1) is 82.2. The van der Waals surface area contributed by atoms with Crippen LogP contribution in [0.15, 0.2) is 72.8 Å². The standard InChI is InChI=1S/C75H52O48/c76-24-1-15(2-25(77)42(24)86)65(101)119-61-59-36(13-111-68(104)18-7-29(81)45(89)51(95)38(18)40-20(70(106)117-59)9-31(83)47(91)53(40)97)115-74(110)63(61)121-72(108)22-11-33(85)49(93)55(99)57(22)114-35-12-23-58(56(100)50(35)94)113-34-6-17(5-28(80)44(34)88)67(103)122-64-62(120-66(102)16-3-26(78)43(87)27(79)4-16)60-37(116-75(64)123-73(23)109)14-112-69(105)19-8-30(82)46(90)52(96)39(19)41-21(71(107)118-60)10-32(84)48(92)54(41)98/h1-12,36-37,59-64,74-100,110H,13-14H2/t36-,37-,59-,60-,61+,62+,63-,64-,74?,75+/m1/s1. The molecule has 0 amide bonds. The van der Waals surface area contributed by atoms with Crippen molar-refractivity contribution in [2.24, 2.45) is 0 Å². The van der Waals surface area contributed by atoms with Gasteiger partial charge in [-0.15, -0.1) is 0 Å². The number of benzene rings is 9. The topological polar surface area (TPSA) is 800 Å². The van der Waals surface area contributed by atoms with Crippen LogP contribution in [0.3, 0.4) is 0 Å². The second kappa shape index (κ2) is 30.3. The number of aliphatic hydroxyl groups is 1. The average molecular weight is 1720 g/mol. The van der Waals surface area contributed by atoms with E-state index in [1.54, 1.807) is 0 Å². The van der Waals surface area contributed by atoms with Crippen molar-refractivity contribution in [3.63, 3.8) is 0 Å². The van der Waals surface area contributed by atoms with Crippen LogP contribution >= 0.6 is 0 Å². The summed E-state index contributed by atoms with van der Waals surface area (Å²) in [5.74, 6) is -60.0. The second-order valence-electron chi connectivity index (χ2n) is 26.7. The first-order valence-electron chi connectivity index (χ1n) is 34.2. The third-order valence-corrected chi connectivity index (χ3v) is 19.2. The van der Waals surface area contributed by atoms with Crippen LogP contribution in [-0.2, 0) is 52.1 Å². The predicted molar refractivity (Wildman–Crippen MR) is 378 cm³/mol. The quantitative estimate of drug-likeness (QED) is 0.0590. The molecule has 1 unspecified atom stereocenters. The van der Waals surface area contributed by atoms with Crippen LogP contribution in [0.25, 0.3) is 22.3 Å². The number of hydrogen-bond acceptors (Lipinski definition) is 48. The van der Waals surface area contributed by atoms with Crippen LogP contribution in [0.2, 0.25) is 0 Å². The van der Waals surface area contributed by atoms with Gasteiger partial charge in [-0.25, -0.2) is 43.2 Å². The van der Waals surface area contributed by atoms with Gasteiger partial charge in [0.1, 0.15) is 36.5 Å². The summed E-state index contributed by atoms with van der Waals surface area (Å²) in [6.45, 7) is -2.89. The van der Waals surface area contributed by atoms with Gasteiger partial charge in [-0.3, -0.25) is 0 Å². The summed E-state index contributed by atoms with van der Waals surface area (Å²) < 4.78 is 73.7. The molecule has 123 heavy (non-hydrogen) atoms. The van der Waals surface area contributed by atoms with Gasteiger partial charge in [-0.05, 0) is 60.7 Å². The zero-order valence-corrected chi connectivity index (χ0v) is 60.2. The number of phenolic OH excluding ortho intramolecular Hbond substituents is 25. The molecule has 48 heteroatoms. The molecular weight excluding hydrogens is 1670 g/mol. The molecule has 0 radical (unpaired) electrons. The molecule has 10 atom stereocenters. The minimum Gasteiger partial charge on any atom is -0.504 e. The van der Waals surface area contributed by atoms with E-state index in [4.69, 9.17) is 61.6 Å². The lowest BCUT2D eigenvalue weighted by atomic mass is 9.92. The third-order valence-electron chi connectivity index (χ3n) is 19.2. The number of aliphatic hydroxyl groups excluding tert-OH is 1. The van der Waals surface area contributed by atoms with Crippen LogP contribution in [0.5, 0.6) is 167 Å². The highest BCUT2D eigenvalue weighted by Crippen LogP contribution is 2.58. The third kappa shape index (κ3) is 14.0. The van der Waals surface area contributed by atoms with Gasteiger partial charge in [0.25, 0.3) is 0 Å². The number of ether oxygens (including phenoxy) is 13. The van der Waals surface area contributed by atoms with E-state index in [1.807, 2.05) is 0 Å². The summed E-state index contributed by atoms with van der Waals surface area (Å²) in [4.78, 5) is 132. The summed E-state index contributed by atoms with van der Waals surface area (Å²) in [5.41, 5.74) is -15.5. The average Bonchev–Trinajstić information content (AvgIpc) is 1.74. The van der Waals surface area contributed by atoms with Crippen molar-refractivity contribution in [1.29, 1.82) is 0 Å². The SMILES string of the molecule is O=C(O[C@@H]1[C@H]2OC(=O)c3cc(O)c(O)c(c3)Oc3c(cc(Oc4c(C(=O)O[C@H]5C(O)O[C@@H]6COC(=O)c7cc(O)c(O)c(O)c7-c7c(cc(O)c(O)c7O)C(=O)O[C@H]6[C@@H]5OC(=O)c5cc(O)c(O)c(O)c5)cc(O)c(O)c4O)c(O)c3O)C(=O)O[C@@H]2O[C@@H]2COC(=O)c3cc(O)c(O)c(O)c3-c3c(cc(O)c(O)c3O)C(=O)O[C@@H]12)c1cc(O)c(O)c(O)c1. The Balaban J connectivity index is 0.880. The van der Waals surface area contributed by atoms with Gasteiger partial charge < -0.3 is 194 Å². The number of esters is 9. The maximum atomic E-state index is 15.4. The molecule has 0 saturated carbocycles. The first-order valence-corrected chi connectivity index (χ1v) is 34.2. The number of hydrogen-bond donors (Lipinski definition) is 26. The number of fused-ring (bicyclic) bond motifs is 12. The Morgan fingerprint density at radius 3 is 1.15 bits per heavy atom. The van der Waals surface area contributed by atoms with Crippen molar-refractivity contribution in [2.45, 2.75) is 61.4 Å². The summed E-state index contributed by atoms with van der Waals surface area (Å²) >= 11 is 0. The minimum absolute atomic E-state index is 0.134. The fraction of sp³-hybridized carbons (Fsp3) is 0.160. The molecule has 2 saturated heterocycles. The van der Waals surface area contributed by atoms with Gasteiger partial charge in [0.2, 0.25) is 64.1 Å². The van der Waals surface area contributed by atoms with E-state index < -0.39 is 367 Å². The molecular formula is C75H52O48. The lowest BCUT2D eigenvalue weighted by Gasteiger charge is -2.44. The van der Waals surface area contributed by atoms with Crippen LogP contribution in [-0.4, -0.2) is 261 Å². The Hall–Kier alpha value is -17.3. The number of cyclic esters (lactones) is 2. The fourth-order valence-electron chi connectivity index (χ4n) is 13.2. The van der Waals surface area contributed by atoms with E-state index in [0.717, 1.165) is 0 Å². The Morgan fingerprint density at radius 2 is 0.691 bits per heavy atom. The zero-order chi connectivity index (χ0) is 89.3. The first-order chi connectivity index (χ1) is 58.0. The van der Waals surface area contributed by atoms with E-state index in [9.17, 15) is 166 Å². The molecule has 0 aromatic heterocycles. The van der Waals surface area contributed by atoms with E-state index >= 15 is 9.59 Å². The van der Waals surface area contributed by atoms with Crippen LogP contribution in [0, 0.1) is 0 Å². The fourth-order valence-corrected chi connectivity index (χ4v) is 13.2. The number of carbonyl (C=O) groups excluding carboxylic acids is 9. The van der Waals surface area contributed by atoms with Gasteiger partial charge in [-0.2, -0.15) is 0 Å². The van der Waals surface area contributed by atoms with Gasteiger partial charge in [0, 0.05) is 34.4 Å². The number of phenols is 25.